The van der Waals surface area contributed by atoms with Gasteiger partial charge in [0.15, 0.2) is 5.78 Å². The summed E-state index contributed by atoms with van der Waals surface area (Å²) in [5, 5.41) is 0. The number of thioether (sulfide) groups is 1. The third-order valence-electron chi connectivity index (χ3n) is 2.20. The van der Waals surface area contributed by atoms with Gasteiger partial charge in [0.1, 0.15) is 11.6 Å². The van der Waals surface area contributed by atoms with Gasteiger partial charge in [0.25, 0.3) is 0 Å². The summed E-state index contributed by atoms with van der Waals surface area (Å²) in [5.41, 5.74) is -0.115. The molecular weight excluding hydrogens is 206 g/mol. The molecule has 0 N–H and O–H groups in total. The maximum absolute atomic E-state index is 13.1. The number of hydrogen-bond donors (Lipinski definition) is 0. The van der Waals surface area contributed by atoms with Gasteiger partial charge in [0.2, 0.25) is 0 Å². The first-order valence-electron chi connectivity index (χ1n) is 4.25. The van der Waals surface area contributed by atoms with Crippen molar-refractivity contribution in [3.05, 3.63) is 35.4 Å². The van der Waals surface area contributed by atoms with E-state index in [1.165, 1.54) is 0 Å². The average molecular weight is 214 g/mol. The Balaban J connectivity index is 2.29. The fraction of sp³-hybridized carbons (Fsp3) is 0.300. The Morgan fingerprint density at radius 3 is 2.64 bits per heavy atom. The molecule has 1 aromatic rings. The van der Waals surface area contributed by atoms with E-state index in [0.717, 1.165) is 29.7 Å². The lowest BCUT2D eigenvalue weighted by Crippen LogP contribution is -2.28. The second kappa shape index (κ2) is 3.69. The molecule has 0 unspecified atom stereocenters. The molecule has 0 amide bonds. The van der Waals surface area contributed by atoms with Crippen molar-refractivity contribution in [2.24, 2.45) is 5.92 Å². The van der Waals surface area contributed by atoms with Gasteiger partial charge >= 0.3 is 0 Å². The second-order valence-electron chi connectivity index (χ2n) is 3.22. The number of carbonyl (C=O) groups is 1. The molecule has 0 bridgehead atoms. The number of rotatable bonds is 2. The van der Waals surface area contributed by atoms with Crippen LogP contribution in [-0.2, 0) is 0 Å². The van der Waals surface area contributed by atoms with E-state index in [1.807, 2.05) is 0 Å². The largest absolute Gasteiger partial charge is 0.294 e. The number of halogens is 2. The molecule has 0 saturated carbocycles. The number of benzene rings is 1. The highest BCUT2D eigenvalue weighted by Crippen LogP contribution is 2.28. The number of carbonyl (C=O) groups excluding carboxylic acids is 1. The van der Waals surface area contributed by atoms with Gasteiger partial charge in [-0.05, 0) is 18.2 Å². The molecule has 1 heterocycles. The maximum Gasteiger partial charge on any atom is 0.170 e. The molecule has 0 radical (unpaired) electrons. The summed E-state index contributed by atoms with van der Waals surface area (Å²) in [6.07, 6.45) is 0. The molecular formula is C10H8F2OS. The molecule has 1 aliphatic heterocycles. The number of Topliss-reactive ketones (excluding diaryl/α,β-unsaturated/α-hetero) is 1. The van der Waals surface area contributed by atoms with Gasteiger partial charge in [0.05, 0.1) is 5.56 Å². The zero-order valence-electron chi connectivity index (χ0n) is 7.30. The average Bonchev–Trinajstić information content (AvgIpc) is 2.06. The lowest BCUT2D eigenvalue weighted by atomic mass is 10.00. The highest BCUT2D eigenvalue weighted by molar-refractivity contribution is 8.00. The summed E-state index contributed by atoms with van der Waals surface area (Å²) in [6.45, 7) is 0. The normalized spacial score (nSPS) is 16.4. The van der Waals surface area contributed by atoms with Crippen LogP contribution in [0.2, 0.25) is 0 Å². The zero-order valence-corrected chi connectivity index (χ0v) is 8.11. The van der Waals surface area contributed by atoms with Crippen molar-refractivity contribution in [1.29, 1.82) is 0 Å². The molecule has 0 spiro atoms. The molecule has 0 aromatic heterocycles. The van der Waals surface area contributed by atoms with Crippen molar-refractivity contribution in [2.45, 2.75) is 0 Å². The molecule has 1 fully saturated rings. The Morgan fingerprint density at radius 1 is 1.36 bits per heavy atom. The smallest absolute Gasteiger partial charge is 0.170 e. The van der Waals surface area contributed by atoms with E-state index in [2.05, 4.69) is 0 Å². The molecule has 14 heavy (non-hydrogen) atoms. The Kier molecular flexibility index (Phi) is 2.54. The number of ketones is 1. The van der Waals surface area contributed by atoms with Crippen molar-refractivity contribution in [1.82, 2.24) is 0 Å². The van der Waals surface area contributed by atoms with Gasteiger partial charge in [-0.1, -0.05) is 0 Å². The minimum absolute atomic E-state index is 0.115. The summed E-state index contributed by atoms with van der Waals surface area (Å²) in [4.78, 5) is 11.6. The first-order valence-corrected chi connectivity index (χ1v) is 5.41. The van der Waals surface area contributed by atoms with Gasteiger partial charge in [-0.2, -0.15) is 11.8 Å². The van der Waals surface area contributed by atoms with Crippen molar-refractivity contribution < 1.29 is 13.6 Å². The molecule has 4 heteroatoms. The van der Waals surface area contributed by atoms with Gasteiger partial charge < -0.3 is 0 Å². The van der Waals surface area contributed by atoms with Crippen LogP contribution in [0.25, 0.3) is 0 Å². The van der Waals surface area contributed by atoms with E-state index in [0.29, 0.717) is 0 Å². The first-order chi connectivity index (χ1) is 6.68. The molecule has 1 aliphatic rings. The molecule has 1 saturated heterocycles. The first kappa shape index (κ1) is 9.65. The van der Waals surface area contributed by atoms with Crippen molar-refractivity contribution >= 4 is 17.5 Å². The monoisotopic (exact) mass is 214 g/mol. The third-order valence-corrected chi connectivity index (χ3v) is 3.48. The van der Waals surface area contributed by atoms with Gasteiger partial charge in [-0.15, -0.1) is 0 Å². The Hall–Kier alpha value is -0.900. The van der Waals surface area contributed by atoms with Crippen LogP contribution in [-0.4, -0.2) is 17.3 Å². The summed E-state index contributed by atoms with van der Waals surface area (Å²) >= 11 is 1.64. The predicted octanol–water partition coefficient (Wildman–Crippen LogP) is 2.51. The Labute approximate surface area is 84.5 Å². The summed E-state index contributed by atoms with van der Waals surface area (Å²) < 4.78 is 25.9. The van der Waals surface area contributed by atoms with Crippen LogP contribution in [0.4, 0.5) is 8.78 Å². The van der Waals surface area contributed by atoms with Crippen LogP contribution in [0.5, 0.6) is 0 Å². The van der Waals surface area contributed by atoms with E-state index < -0.39 is 11.6 Å². The summed E-state index contributed by atoms with van der Waals surface area (Å²) in [7, 11) is 0. The van der Waals surface area contributed by atoms with E-state index in [1.54, 1.807) is 11.8 Å². The highest BCUT2D eigenvalue weighted by Gasteiger charge is 2.28. The molecule has 0 atom stereocenters. The summed E-state index contributed by atoms with van der Waals surface area (Å²) in [6, 6.07) is 2.98. The van der Waals surface area contributed by atoms with E-state index >= 15 is 0 Å². The Morgan fingerprint density at radius 2 is 2.07 bits per heavy atom. The lowest BCUT2D eigenvalue weighted by Gasteiger charge is -2.23. The minimum Gasteiger partial charge on any atom is -0.294 e. The van der Waals surface area contributed by atoms with Crippen molar-refractivity contribution in [3.8, 4) is 0 Å². The van der Waals surface area contributed by atoms with Gasteiger partial charge in [-0.3, -0.25) is 4.79 Å². The standard InChI is InChI=1S/C10H8F2OS/c11-7-1-2-9(12)8(3-7)10(13)6-4-14-5-6/h1-3,6H,4-5H2. The minimum atomic E-state index is -0.631. The van der Waals surface area contributed by atoms with Crippen LogP contribution in [0, 0.1) is 17.6 Å². The van der Waals surface area contributed by atoms with E-state index in [4.69, 9.17) is 0 Å². The van der Waals surface area contributed by atoms with Crippen molar-refractivity contribution in [2.75, 3.05) is 11.5 Å². The third kappa shape index (κ3) is 1.66. The van der Waals surface area contributed by atoms with Crippen molar-refractivity contribution in [3.63, 3.8) is 0 Å². The van der Waals surface area contributed by atoms with Gasteiger partial charge in [-0.25, -0.2) is 8.78 Å². The van der Waals surface area contributed by atoms with Gasteiger partial charge in [0, 0.05) is 17.4 Å². The molecule has 1 aromatic carbocycles. The Bertz CT molecular complexity index is 374. The highest BCUT2D eigenvalue weighted by atomic mass is 32.2. The number of hydrogen-bond acceptors (Lipinski definition) is 2. The summed E-state index contributed by atoms with van der Waals surface area (Å²) in [5.74, 6) is -0.170. The van der Waals surface area contributed by atoms with E-state index in [-0.39, 0.29) is 17.3 Å². The zero-order chi connectivity index (χ0) is 10.1. The topological polar surface area (TPSA) is 17.1 Å². The van der Waals surface area contributed by atoms with Crippen LogP contribution in [0.15, 0.2) is 18.2 Å². The van der Waals surface area contributed by atoms with Crippen LogP contribution in [0.3, 0.4) is 0 Å². The van der Waals surface area contributed by atoms with E-state index in [9.17, 15) is 13.6 Å². The molecule has 1 nitrogen and oxygen atoms in total. The lowest BCUT2D eigenvalue weighted by molar-refractivity contribution is 0.0934. The van der Waals surface area contributed by atoms with Crippen LogP contribution in [0.1, 0.15) is 10.4 Å². The molecule has 74 valence electrons. The quantitative estimate of drug-likeness (QED) is 0.704. The second-order valence-corrected chi connectivity index (χ2v) is 4.30. The SMILES string of the molecule is O=C(c1cc(F)ccc1F)C1CSC1. The molecule has 2 rings (SSSR count). The maximum atomic E-state index is 13.1. The fourth-order valence-electron chi connectivity index (χ4n) is 1.29. The fourth-order valence-corrected chi connectivity index (χ4v) is 2.07. The predicted molar refractivity (Wildman–Crippen MR) is 51.5 cm³/mol. The molecule has 0 aliphatic carbocycles. The van der Waals surface area contributed by atoms with Crippen LogP contribution >= 0.6 is 11.8 Å². The van der Waals surface area contributed by atoms with Crippen LogP contribution < -0.4 is 0 Å².